The molecule has 0 amide bonds. The van der Waals surface area contributed by atoms with E-state index in [1.54, 1.807) is 0 Å². The van der Waals surface area contributed by atoms with Gasteiger partial charge in [-0.1, -0.05) is 0 Å². The summed E-state index contributed by atoms with van der Waals surface area (Å²) in [5, 5.41) is 13.9. The fourth-order valence-corrected chi connectivity index (χ4v) is 0.564. The Morgan fingerprint density at radius 1 is 1.86 bits per heavy atom. The summed E-state index contributed by atoms with van der Waals surface area (Å²) in [6, 6.07) is 0. The maximum Gasteiger partial charge on any atom is 0.0999 e. The Hall–Kier alpha value is -0.160. The Morgan fingerprint density at radius 3 is 2.71 bits per heavy atom. The number of rotatable bonds is 0. The fraction of sp³-hybridized carbons (Fsp3) is 1.00. The van der Waals surface area contributed by atoms with E-state index in [0.29, 0.717) is 13.1 Å². The maximum atomic E-state index is 10.3. The predicted octanol–water partition coefficient (Wildman–Crippen LogP) is -1.37. The summed E-state index contributed by atoms with van der Waals surface area (Å²) in [5.74, 6) is 0. The van der Waals surface area contributed by atoms with E-state index in [9.17, 15) is 5.21 Å². The first-order chi connectivity index (χ1) is 3.30. The maximum absolute atomic E-state index is 10.3. The van der Waals surface area contributed by atoms with Crippen molar-refractivity contribution in [1.82, 2.24) is 10.4 Å². The molecule has 0 aromatic carbocycles. The number of hydroxylamine groups is 2. The Bertz CT molecular complexity index is 59.2. The van der Waals surface area contributed by atoms with Crippen LogP contribution in [0.3, 0.4) is 0 Å². The number of nitrogens with zero attached hydrogens (tertiary/aromatic N) is 1. The van der Waals surface area contributed by atoms with Crippen LogP contribution in [0.5, 0.6) is 0 Å². The van der Waals surface area contributed by atoms with E-state index in [4.69, 9.17) is 5.73 Å². The van der Waals surface area contributed by atoms with Gasteiger partial charge in [-0.15, -0.1) is 0 Å². The zero-order valence-corrected chi connectivity index (χ0v) is 3.92. The molecule has 0 spiro atoms. The topological polar surface area (TPSA) is 64.3 Å². The first-order valence-corrected chi connectivity index (χ1v) is 2.23. The Balaban J connectivity index is 2.33. The lowest BCUT2D eigenvalue weighted by atomic mass is 10.7. The summed E-state index contributed by atoms with van der Waals surface area (Å²) >= 11 is 0. The molecule has 7 heavy (non-hydrogen) atoms. The summed E-state index contributed by atoms with van der Waals surface area (Å²) in [5.41, 5.74) is 5.18. The molecule has 0 aliphatic carbocycles. The molecule has 1 aliphatic heterocycles. The van der Waals surface area contributed by atoms with Crippen molar-refractivity contribution < 1.29 is 0 Å². The average Bonchev–Trinajstić information content (AvgIpc) is 1.91. The molecular formula is C3H8N3O-. The molecule has 1 atom stereocenters. The predicted molar refractivity (Wildman–Crippen MR) is 26.1 cm³/mol. The van der Waals surface area contributed by atoms with Gasteiger partial charge >= 0.3 is 0 Å². The standard InChI is InChI=1S/C3H8N3O/c4-3-5-1-2-6(3)7/h3,5H,1-2,4H2/q-1. The molecule has 1 aliphatic rings. The zero-order valence-electron chi connectivity index (χ0n) is 3.92. The smallest absolute Gasteiger partial charge is 0.0999 e. The third-order valence-electron chi connectivity index (χ3n) is 0.996. The lowest BCUT2D eigenvalue weighted by Crippen LogP contribution is -2.40. The van der Waals surface area contributed by atoms with Crippen molar-refractivity contribution in [3.63, 3.8) is 0 Å². The van der Waals surface area contributed by atoms with E-state index >= 15 is 0 Å². The number of nitrogens with one attached hydrogen (secondary N) is 1. The third kappa shape index (κ3) is 0.889. The molecule has 1 rings (SSSR count). The van der Waals surface area contributed by atoms with Crippen molar-refractivity contribution in [2.24, 2.45) is 5.73 Å². The molecule has 0 aromatic heterocycles. The van der Waals surface area contributed by atoms with Crippen LogP contribution in [0.4, 0.5) is 0 Å². The Morgan fingerprint density at radius 2 is 2.57 bits per heavy atom. The monoisotopic (exact) mass is 102 g/mol. The quantitative estimate of drug-likeness (QED) is 0.396. The van der Waals surface area contributed by atoms with Gasteiger partial charge in [0.05, 0.1) is 6.29 Å². The van der Waals surface area contributed by atoms with Crippen LogP contribution in [0.15, 0.2) is 0 Å². The van der Waals surface area contributed by atoms with Crippen LogP contribution in [0, 0.1) is 5.21 Å². The summed E-state index contributed by atoms with van der Waals surface area (Å²) < 4.78 is 0. The van der Waals surface area contributed by atoms with Crippen LogP contribution in [-0.2, 0) is 0 Å². The molecule has 0 saturated carbocycles. The van der Waals surface area contributed by atoms with Crippen molar-refractivity contribution in [2.45, 2.75) is 6.29 Å². The minimum atomic E-state index is -0.458. The van der Waals surface area contributed by atoms with E-state index in [1.807, 2.05) is 0 Å². The van der Waals surface area contributed by atoms with Gasteiger partial charge in [-0.3, -0.25) is 5.32 Å². The summed E-state index contributed by atoms with van der Waals surface area (Å²) in [6.07, 6.45) is -0.458. The second-order valence-corrected chi connectivity index (χ2v) is 1.54. The molecule has 4 heteroatoms. The Labute approximate surface area is 41.9 Å². The molecule has 1 fully saturated rings. The third-order valence-corrected chi connectivity index (χ3v) is 0.996. The highest BCUT2D eigenvalue weighted by atomic mass is 16.5. The van der Waals surface area contributed by atoms with Crippen LogP contribution in [0.25, 0.3) is 0 Å². The molecule has 3 N–H and O–H groups in total. The minimum Gasteiger partial charge on any atom is -0.783 e. The largest absolute Gasteiger partial charge is 0.783 e. The highest BCUT2D eigenvalue weighted by Gasteiger charge is 2.08. The van der Waals surface area contributed by atoms with Gasteiger partial charge in [-0.25, -0.2) is 0 Å². The van der Waals surface area contributed by atoms with Gasteiger partial charge in [-0.2, -0.15) is 0 Å². The number of nitrogens with two attached hydrogens (primary N) is 1. The van der Waals surface area contributed by atoms with Gasteiger partial charge in [0.25, 0.3) is 0 Å². The van der Waals surface area contributed by atoms with E-state index < -0.39 is 6.29 Å². The normalized spacial score (nSPS) is 34.3. The van der Waals surface area contributed by atoms with Crippen LogP contribution in [0.2, 0.25) is 0 Å². The number of hydrogen-bond acceptors (Lipinski definition) is 4. The molecule has 1 saturated heterocycles. The van der Waals surface area contributed by atoms with Crippen molar-refractivity contribution >= 4 is 0 Å². The highest BCUT2D eigenvalue weighted by Crippen LogP contribution is 1.91. The van der Waals surface area contributed by atoms with Crippen LogP contribution in [-0.4, -0.2) is 24.4 Å². The van der Waals surface area contributed by atoms with Crippen LogP contribution < -0.4 is 11.1 Å². The van der Waals surface area contributed by atoms with Gasteiger partial charge < -0.3 is 16.0 Å². The number of hydrogen-bond donors (Lipinski definition) is 2. The van der Waals surface area contributed by atoms with Gasteiger partial charge in [0.15, 0.2) is 0 Å². The van der Waals surface area contributed by atoms with Crippen LogP contribution in [0.1, 0.15) is 0 Å². The minimum absolute atomic E-state index is 0.458. The molecule has 0 aromatic rings. The lowest BCUT2D eigenvalue weighted by Gasteiger charge is -2.25. The molecule has 42 valence electrons. The molecule has 4 nitrogen and oxygen atoms in total. The summed E-state index contributed by atoms with van der Waals surface area (Å²) in [4.78, 5) is 0. The summed E-state index contributed by atoms with van der Waals surface area (Å²) in [7, 11) is 0. The molecule has 1 heterocycles. The second kappa shape index (κ2) is 1.75. The fourth-order valence-electron chi connectivity index (χ4n) is 0.564. The van der Waals surface area contributed by atoms with Gasteiger partial charge in [0.1, 0.15) is 0 Å². The molecule has 1 unspecified atom stereocenters. The second-order valence-electron chi connectivity index (χ2n) is 1.54. The first kappa shape index (κ1) is 4.99. The summed E-state index contributed by atoms with van der Waals surface area (Å²) in [6.45, 7) is 1.23. The lowest BCUT2D eigenvalue weighted by molar-refractivity contribution is 0.341. The van der Waals surface area contributed by atoms with E-state index in [-0.39, 0.29) is 0 Å². The molecule has 0 bridgehead atoms. The molecule has 0 radical (unpaired) electrons. The van der Waals surface area contributed by atoms with Crippen molar-refractivity contribution in [2.75, 3.05) is 13.1 Å². The van der Waals surface area contributed by atoms with Gasteiger partial charge in [0, 0.05) is 13.1 Å². The van der Waals surface area contributed by atoms with Crippen molar-refractivity contribution in [3.8, 4) is 0 Å². The van der Waals surface area contributed by atoms with Crippen LogP contribution >= 0.6 is 0 Å². The van der Waals surface area contributed by atoms with Gasteiger partial charge in [0.2, 0.25) is 0 Å². The zero-order chi connectivity index (χ0) is 5.28. The van der Waals surface area contributed by atoms with Crippen molar-refractivity contribution in [3.05, 3.63) is 5.21 Å². The van der Waals surface area contributed by atoms with E-state index in [2.05, 4.69) is 5.32 Å². The van der Waals surface area contributed by atoms with Crippen molar-refractivity contribution in [1.29, 1.82) is 0 Å². The SMILES string of the molecule is NC1NCCN1[O-]. The highest BCUT2D eigenvalue weighted by molar-refractivity contribution is 4.72. The first-order valence-electron chi connectivity index (χ1n) is 2.23. The van der Waals surface area contributed by atoms with E-state index in [1.165, 1.54) is 0 Å². The molecular weight excluding hydrogens is 94.1 g/mol. The van der Waals surface area contributed by atoms with Gasteiger partial charge in [-0.05, 0) is 0 Å². The van der Waals surface area contributed by atoms with E-state index in [0.717, 1.165) is 5.06 Å². The Kier molecular flexibility index (Phi) is 1.25. The average molecular weight is 102 g/mol.